The molecule has 2 fully saturated rings. The average molecular weight is 878 g/mol. The van der Waals surface area contributed by atoms with Crippen molar-refractivity contribution in [3.8, 4) is 11.8 Å². The van der Waals surface area contributed by atoms with E-state index in [4.69, 9.17) is 9.47 Å². The zero-order valence-electron chi connectivity index (χ0n) is 36.9. The van der Waals surface area contributed by atoms with Gasteiger partial charge in [-0.05, 0) is 81.3 Å². The summed E-state index contributed by atoms with van der Waals surface area (Å²) in [5.41, 5.74) is 3.96. The van der Waals surface area contributed by atoms with Crippen molar-refractivity contribution in [2.24, 2.45) is 0 Å². The van der Waals surface area contributed by atoms with Crippen molar-refractivity contribution in [1.82, 2.24) is 44.9 Å². The minimum atomic E-state index is -0.755. The summed E-state index contributed by atoms with van der Waals surface area (Å²) in [6, 6.07) is 18.5. The number of Topliss-reactive ketones (excluding diaryl/α,β-unsaturated/α-hetero) is 1. The van der Waals surface area contributed by atoms with Crippen LogP contribution in [0, 0.1) is 11.6 Å². The van der Waals surface area contributed by atoms with Crippen molar-refractivity contribution in [2.45, 2.75) is 51.9 Å². The summed E-state index contributed by atoms with van der Waals surface area (Å²) in [7, 11) is 4.33. The second kappa shape index (κ2) is 19.3. The number of likely N-dealkylation sites (N-methyl/N-ethyl adjacent to an activating group) is 1. The van der Waals surface area contributed by atoms with E-state index in [9.17, 15) is 28.0 Å². The minimum absolute atomic E-state index is 0.0331. The Balaban J connectivity index is 0.000000195. The lowest BCUT2D eigenvalue weighted by Crippen LogP contribution is -2.54. The molecule has 2 aliphatic rings. The van der Waals surface area contributed by atoms with Crippen LogP contribution in [0.2, 0.25) is 0 Å². The van der Waals surface area contributed by atoms with Gasteiger partial charge < -0.3 is 34.6 Å². The number of carbonyl (C=O) groups is 4. The molecule has 4 atom stereocenters. The molecule has 6 aromatic rings. The molecule has 17 heteroatoms. The van der Waals surface area contributed by atoms with Gasteiger partial charge in [-0.2, -0.15) is 9.97 Å². The number of carbonyl (C=O) groups excluding carboxylic acids is 4. The molecule has 3 amide bonds. The molecule has 0 aliphatic carbocycles. The molecule has 2 aromatic carbocycles. The van der Waals surface area contributed by atoms with Crippen LogP contribution in [0.5, 0.6) is 11.8 Å². The number of H-pyrrole nitrogens is 2. The number of ketones is 1. The number of rotatable bonds is 10. The van der Waals surface area contributed by atoms with E-state index >= 15 is 0 Å². The Kier molecular flexibility index (Phi) is 13.7. The number of nitrogens with one attached hydrogen (secondary N) is 3. The number of benzene rings is 2. The number of ether oxygens (including phenoxy) is 2. The van der Waals surface area contributed by atoms with Crippen LogP contribution in [0.3, 0.4) is 0 Å². The van der Waals surface area contributed by atoms with E-state index in [1.165, 1.54) is 51.7 Å². The van der Waals surface area contributed by atoms with Crippen molar-refractivity contribution >= 4 is 45.6 Å². The first-order valence-electron chi connectivity index (χ1n) is 21.2. The predicted octanol–water partition coefficient (Wildman–Crippen LogP) is 6.16. The van der Waals surface area contributed by atoms with Crippen LogP contribution < -0.4 is 14.8 Å². The van der Waals surface area contributed by atoms with Crippen LogP contribution in [-0.2, 0) is 4.79 Å². The van der Waals surface area contributed by atoms with Crippen molar-refractivity contribution in [1.29, 1.82) is 0 Å². The summed E-state index contributed by atoms with van der Waals surface area (Å²) in [5, 5.41) is 3.57. The lowest BCUT2D eigenvalue weighted by atomic mass is 10.0. The van der Waals surface area contributed by atoms with Gasteiger partial charge in [-0.1, -0.05) is 24.3 Å². The molecule has 3 N–H and O–H groups in total. The average Bonchev–Trinajstić information content (AvgIpc) is 3.96. The molecule has 6 heterocycles. The second-order valence-electron chi connectivity index (χ2n) is 16.2. The predicted molar refractivity (Wildman–Crippen MR) is 237 cm³/mol. The quantitative estimate of drug-likeness (QED) is 0.107. The monoisotopic (exact) mass is 877 g/mol. The highest BCUT2D eigenvalue weighted by Gasteiger charge is 2.34. The number of hydrogen-bond acceptors (Lipinski definition) is 10. The molecule has 8 rings (SSSR count). The van der Waals surface area contributed by atoms with Gasteiger partial charge in [0.05, 0.1) is 19.8 Å². The first kappa shape index (κ1) is 45.3. The fraction of sp³-hybridized carbons (Fsp3) is 0.362. The third-order valence-electron chi connectivity index (χ3n) is 12.3. The molecule has 0 radical (unpaired) electrons. The maximum absolute atomic E-state index is 13.6. The maximum Gasteiger partial charge on any atom is 0.292 e. The van der Waals surface area contributed by atoms with Crippen LogP contribution in [0.15, 0.2) is 79.1 Å². The van der Waals surface area contributed by atoms with Gasteiger partial charge in [-0.15, -0.1) is 0 Å². The smallest absolute Gasteiger partial charge is 0.292 e. The van der Waals surface area contributed by atoms with Gasteiger partial charge in [0.15, 0.2) is 0 Å². The Morgan fingerprint density at radius 3 is 1.64 bits per heavy atom. The number of nitrogens with zero attached hydrogens (tertiary/aromatic N) is 6. The fourth-order valence-corrected chi connectivity index (χ4v) is 8.53. The van der Waals surface area contributed by atoms with Crippen molar-refractivity contribution in [2.75, 3.05) is 60.5 Å². The minimum Gasteiger partial charge on any atom is -0.480 e. The Labute approximate surface area is 369 Å². The molecule has 4 aromatic heterocycles. The van der Waals surface area contributed by atoms with E-state index < -0.39 is 11.7 Å². The highest BCUT2D eigenvalue weighted by molar-refractivity contribution is 6.44. The van der Waals surface area contributed by atoms with Gasteiger partial charge in [0.25, 0.3) is 23.5 Å². The molecule has 336 valence electrons. The van der Waals surface area contributed by atoms with Crippen molar-refractivity contribution < 1.29 is 37.4 Å². The lowest BCUT2D eigenvalue weighted by Gasteiger charge is -2.42. The molecular weight excluding hydrogens is 825 g/mol. The summed E-state index contributed by atoms with van der Waals surface area (Å²) in [4.78, 5) is 74.1. The number of methoxy groups -OCH3 is 2. The number of piperazine rings is 2. The molecule has 2 saturated heterocycles. The van der Waals surface area contributed by atoms with Crippen LogP contribution in [-0.4, -0.2) is 136 Å². The zero-order chi connectivity index (χ0) is 45.8. The van der Waals surface area contributed by atoms with Gasteiger partial charge in [-0.25, -0.2) is 8.78 Å². The normalized spacial score (nSPS) is 18.0. The molecule has 2 aliphatic heterocycles. The Morgan fingerprint density at radius 1 is 0.688 bits per heavy atom. The van der Waals surface area contributed by atoms with Crippen LogP contribution >= 0.6 is 0 Å². The summed E-state index contributed by atoms with van der Waals surface area (Å²) < 4.78 is 37.3. The van der Waals surface area contributed by atoms with E-state index in [1.54, 1.807) is 29.3 Å². The molecule has 15 nitrogen and oxygen atoms in total. The SMILES string of the molecule is CNC(=O)C(=O)c1c[nH]c2nc(OC)c(C(=O)N3CCN([C@H](C)c4ccc(F)cc4)C[C@H]3C)cc12.COc1nc2[nH]ccc2cc1C(=O)N1CCN([C@H](C)c2ccc(F)cc2)C[C@H]1C. The van der Waals surface area contributed by atoms with Gasteiger partial charge in [0, 0.05) is 93.6 Å². The molecule has 0 saturated carbocycles. The Hall–Kier alpha value is -6.72. The van der Waals surface area contributed by atoms with E-state index in [0.29, 0.717) is 54.3 Å². The topological polar surface area (TPSA) is 169 Å². The summed E-state index contributed by atoms with van der Waals surface area (Å²) in [6.45, 7) is 12.0. The Morgan fingerprint density at radius 2 is 1.17 bits per heavy atom. The number of fused-ring (bicyclic) bond motifs is 2. The summed E-state index contributed by atoms with van der Waals surface area (Å²) >= 11 is 0. The summed E-state index contributed by atoms with van der Waals surface area (Å²) in [6.07, 6.45) is 3.20. The van der Waals surface area contributed by atoms with Gasteiger partial charge in [-0.3, -0.25) is 29.0 Å². The van der Waals surface area contributed by atoms with E-state index in [2.05, 4.69) is 55.8 Å². The fourth-order valence-electron chi connectivity index (χ4n) is 8.53. The van der Waals surface area contributed by atoms with E-state index in [1.807, 2.05) is 36.1 Å². The van der Waals surface area contributed by atoms with E-state index in [0.717, 1.165) is 29.6 Å². The van der Waals surface area contributed by atoms with Crippen molar-refractivity contribution in [3.05, 3.63) is 119 Å². The summed E-state index contributed by atoms with van der Waals surface area (Å²) in [5.74, 6) is -1.85. The largest absolute Gasteiger partial charge is 0.480 e. The first-order chi connectivity index (χ1) is 30.7. The van der Waals surface area contributed by atoms with Gasteiger partial charge in [0.1, 0.15) is 34.1 Å². The number of hydrogen-bond donors (Lipinski definition) is 3. The number of halogens is 2. The number of aromatic nitrogens is 4. The molecule has 0 spiro atoms. The third kappa shape index (κ3) is 9.31. The van der Waals surface area contributed by atoms with Gasteiger partial charge in [0.2, 0.25) is 11.8 Å². The first-order valence-corrected chi connectivity index (χ1v) is 21.2. The number of aromatic amines is 2. The Bertz CT molecular complexity index is 2650. The second-order valence-corrected chi connectivity index (χ2v) is 16.2. The third-order valence-corrected chi connectivity index (χ3v) is 12.3. The number of pyridine rings is 2. The van der Waals surface area contributed by atoms with Gasteiger partial charge >= 0.3 is 0 Å². The number of amides is 3. The van der Waals surface area contributed by atoms with Crippen LogP contribution in [0.25, 0.3) is 22.1 Å². The zero-order valence-corrected chi connectivity index (χ0v) is 36.9. The molecule has 0 unspecified atom stereocenters. The highest BCUT2D eigenvalue weighted by Crippen LogP contribution is 2.31. The standard InChI is InChI=1S/C25H28FN5O4.C22H25FN4O2/c1-14-13-30(15(2)16-5-7-17(26)8-6-16)9-10-31(14)25(34)19-11-18-20(21(32)23(33)27-3)12-28-22(18)29-24(19)35-4;1-14-13-26(15(2)16-4-6-18(23)7-5-16)10-11-27(14)22(28)19-12-17-8-9-24-20(17)25-21(19)29-3/h5-8,11-12,14-15H,9-10,13H2,1-4H3,(H,27,33)(H,28,29);4-9,12,14-15H,10-11,13H2,1-3H3,(H,24,25)/t2*14-,15-/m11/s1. The molecule has 64 heavy (non-hydrogen) atoms. The van der Waals surface area contributed by atoms with Crippen molar-refractivity contribution in [3.63, 3.8) is 0 Å². The maximum atomic E-state index is 13.6. The molecule has 0 bridgehead atoms. The van der Waals surface area contributed by atoms with Crippen LogP contribution in [0.1, 0.15) is 82.0 Å². The van der Waals surface area contributed by atoms with Crippen LogP contribution in [0.4, 0.5) is 8.78 Å². The molecular formula is C47H53F2N9O6. The van der Waals surface area contributed by atoms with E-state index in [-0.39, 0.29) is 64.6 Å². The lowest BCUT2D eigenvalue weighted by molar-refractivity contribution is -0.116. The highest BCUT2D eigenvalue weighted by atomic mass is 19.1.